The van der Waals surface area contributed by atoms with E-state index in [1.54, 1.807) is 24.4 Å². The van der Waals surface area contributed by atoms with Crippen LogP contribution in [0.1, 0.15) is 27.0 Å². The molecule has 136 valence electrons. The summed E-state index contributed by atoms with van der Waals surface area (Å²) in [5.41, 5.74) is 3.93. The number of benzene rings is 1. The SMILES string of the molecule is O=C(Nc1cc(Cc2cnc(F)c(F)c2)ccn1)c1cccc2c1CCN2. The van der Waals surface area contributed by atoms with Crippen LogP contribution in [0.2, 0.25) is 0 Å². The molecule has 0 bridgehead atoms. The van der Waals surface area contributed by atoms with Crippen LogP contribution < -0.4 is 10.6 Å². The molecule has 0 spiro atoms. The first-order chi connectivity index (χ1) is 13.1. The fraction of sp³-hybridized carbons (Fsp3) is 0.150. The topological polar surface area (TPSA) is 66.9 Å². The van der Waals surface area contributed by atoms with E-state index in [0.29, 0.717) is 23.4 Å². The molecule has 7 heteroatoms. The standard InChI is InChI=1S/C20H16F2N4O/c21-16-9-13(11-25-19(16)22)8-12-4-6-24-18(10-12)26-20(27)15-2-1-3-17-14(15)5-7-23-17/h1-4,6,9-11,23H,5,7-8H2,(H,24,26,27). The van der Waals surface area contributed by atoms with Gasteiger partial charge in [-0.1, -0.05) is 6.07 Å². The molecule has 3 heterocycles. The van der Waals surface area contributed by atoms with E-state index in [4.69, 9.17) is 0 Å². The average molecular weight is 366 g/mol. The van der Waals surface area contributed by atoms with Crippen LogP contribution in [0, 0.1) is 11.8 Å². The second-order valence-electron chi connectivity index (χ2n) is 6.30. The van der Waals surface area contributed by atoms with Gasteiger partial charge < -0.3 is 10.6 Å². The molecule has 27 heavy (non-hydrogen) atoms. The summed E-state index contributed by atoms with van der Waals surface area (Å²) in [6.07, 6.45) is 4.00. The fourth-order valence-electron chi connectivity index (χ4n) is 3.19. The number of hydrogen-bond acceptors (Lipinski definition) is 4. The second kappa shape index (κ2) is 7.11. The summed E-state index contributed by atoms with van der Waals surface area (Å²) < 4.78 is 26.3. The number of nitrogens with one attached hydrogen (secondary N) is 2. The lowest BCUT2D eigenvalue weighted by Gasteiger charge is -2.10. The number of anilines is 2. The summed E-state index contributed by atoms with van der Waals surface area (Å²) in [5, 5.41) is 6.05. The van der Waals surface area contributed by atoms with Crippen molar-refractivity contribution in [1.82, 2.24) is 9.97 Å². The highest BCUT2D eigenvalue weighted by Gasteiger charge is 2.18. The number of amides is 1. The minimum absolute atomic E-state index is 0.227. The molecule has 0 aliphatic carbocycles. The zero-order valence-electron chi connectivity index (χ0n) is 14.3. The Balaban J connectivity index is 1.52. The van der Waals surface area contributed by atoms with Gasteiger partial charge in [0.2, 0.25) is 5.95 Å². The van der Waals surface area contributed by atoms with Crippen LogP contribution in [0.3, 0.4) is 0 Å². The van der Waals surface area contributed by atoms with Crippen LogP contribution in [-0.2, 0) is 12.8 Å². The Kier molecular flexibility index (Phi) is 4.50. The molecule has 5 nitrogen and oxygen atoms in total. The van der Waals surface area contributed by atoms with E-state index >= 15 is 0 Å². The number of hydrogen-bond donors (Lipinski definition) is 2. The Morgan fingerprint density at radius 2 is 2.04 bits per heavy atom. The van der Waals surface area contributed by atoms with Gasteiger partial charge in [-0.15, -0.1) is 0 Å². The lowest BCUT2D eigenvalue weighted by atomic mass is 10.0. The third kappa shape index (κ3) is 3.62. The van der Waals surface area contributed by atoms with E-state index in [1.165, 1.54) is 6.20 Å². The summed E-state index contributed by atoms with van der Waals surface area (Å²) >= 11 is 0. The van der Waals surface area contributed by atoms with Gasteiger partial charge in [0.15, 0.2) is 5.82 Å². The van der Waals surface area contributed by atoms with Gasteiger partial charge in [0.1, 0.15) is 5.82 Å². The second-order valence-corrected chi connectivity index (χ2v) is 6.30. The Labute approximate surface area is 154 Å². The number of aromatic nitrogens is 2. The van der Waals surface area contributed by atoms with Gasteiger partial charge in [0.05, 0.1) is 0 Å². The smallest absolute Gasteiger partial charge is 0.257 e. The first-order valence-corrected chi connectivity index (χ1v) is 8.52. The predicted molar refractivity (Wildman–Crippen MR) is 97.8 cm³/mol. The highest BCUT2D eigenvalue weighted by atomic mass is 19.2. The zero-order chi connectivity index (χ0) is 18.8. The molecule has 3 aromatic rings. The number of fused-ring (bicyclic) bond motifs is 1. The minimum Gasteiger partial charge on any atom is -0.384 e. The summed E-state index contributed by atoms with van der Waals surface area (Å²) in [4.78, 5) is 20.2. The minimum atomic E-state index is -1.12. The summed E-state index contributed by atoms with van der Waals surface area (Å²) in [6.45, 7) is 0.815. The molecule has 0 saturated carbocycles. The van der Waals surface area contributed by atoms with Crippen molar-refractivity contribution in [2.24, 2.45) is 0 Å². The molecule has 0 radical (unpaired) electrons. The lowest BCUT2D eigenvalue weighted by Crippen LogP contribution is -2.15. The maximum Gasteiger partial charge on any atom is 0.257 e. The summed E-state index contributed by atoms with van der Waals surface area (Å²) in [5.74, 6) is -1.93. The van der Waals surface area contributed by atoms with Crippen LogP contribution in [0.5, 0.6) is 0 Å². The Hall–Kier alpha value is -3.35. The number of carbonyl (C=O) groups is 1. The molecule has 0 fully saturated rings. The molecule has 0 unspecified atom stereocenters. The van der Waals surface area contributed by atoms with Crippen molar-refractivity contribution in [2.45, 2.75) is 12.8 Å². The van der Waals surface area contributed by atoms with Gasteiger partial charge in [0, 0.05) is 30.2 Å². The number of halogens is 2. The normalized spacial score (nSPS) is 12.4. The van der Waals surface area contributed by atoms with Gasteiger partial charge in [-0.3, -0.25) is 4.79 Å². The summed E-state index contributed by atoms with van der Waals surface area (Å²) in [6, 6.07) is 10.2. The predicted octanol–water partition coefficient (Wildman–Crippen LogP) is 3.57. The molecule has 4 rings (SSSR count). The molecule has 1 aromatic carbocycles. The van der Waals surface area contributed by atoms with Crippen molar-refractivity contribution in [2.75, 3.05) is 17.2 Å². The van der Waals surface area contributed by atoms with Gasteiger partial charge in [-0.05, 0) is 59.9 Å². The maximum absolute atomic E-state index is 13.3. The monoisotopic (exact) mass is 366 g/mol. The number of rotatable bonds is 4. The fourth-order valence-corrected chi connectivity index (χ4v) is 3.19. The maximum atomic E-state index is 13.3. The molecular formula is C20H16F2N4O. The quantitative estimate of drug-likeness (QED) is 0.693. The number of pyridine rings is 2. The van der Waals surface area contributed by atoms with E-state index in [2.05, 4.69) is 20.6 Å². The Bertz CT molecular complexity index is 1020. The average Bonchev–Trinajstić information content (AvgIpc) is 3.14. The van der Waals surface area contributed by atoms with Gasteiger partial charge >= 0.3 is 0 Å². The first kappa shape index (κ1) is 17.1. The lowest BCUT2D eigenvalue weighted by molar-refractivity contribution is 0.102. The van der Waals surface area contributed by atoms with E-state index < -0.39 is 11.8 Å². The van der Waals surface area contributed by atoms with Crippen LogP contribution in [0.15, 0.2) is 48.8 Å². The van der Waals surface area contributed by atoms with Crippen molar-refractivity contribution >= 4 is 17.4 Å². The third-order valence-corrected chi connectivity index (χ3v) is 4.44. The van der Waals surface area contributed by atoms with Crippen molar-refractivity contribution in [3.8, 4) is 0 Å². The Morgan fingerprint density at radius 3 is 2.89 bits per heavy atom. The van der Waals surface area contributed by atoms with Crippen LogP contribution in [0.25, 0.3) is 0 Å². The van der Waals surface area contributed by atoms with Gasteiger partial charge in [0.25, 0.3) is 5.91 Å². The van der Waals surface area contributed by atoms with Crippen molar-refractivity contribution < 1.29 is 13.6 Å². The molecule has 1 aliphatic rings. The van der Waals surface area contributed by atoms with Gasteiger partial charge in [-0.2, -0.15) is 4.39 Å². The largest absolute Gasteiger partial charge is 0.384 e. The van der Waals surface area contributed by atoms with E-state index in [-0.39, 0.29) is 5.91 Å². The van der Waals surface area contributed by atoms with Crippen LogP contribution >= 0.6 is 0 Å². The highest BCUT2D eigenvalue weighted by molar-refractivity contribution is 6.06. The summed E-state index contributed by atoms with van der Waals surface area (Å²) in [7, 11) is 0. The third-order valence-electron chi connectivity index (χ3n) is 4.44. The molecule has 2 aromatic heterocycles. The molecule has 0 atom stereocenters. The highest BCUT2D eigenvalue weighted by Crippen LogP contribution is 2.26. The molecule has 0 saturated heterocycles. The number of nitrogens with zero attached hydrogens (tertiary/aromatic N) is 2. The van der Waals surface area contributed by atoms with E-state index in [0.717, 1.165) is 35.8 Å². The molecule has 2 N–H and O–H groups in total. The first-order valence-electron chi connectivity index (χ1n) is 8.52. The molecule has 1 aliphatic heterocycles. The van der Waals surface area contributed by atoms with Crippen molar-refractivity contribution in [3.63, 3.8) is 0 Å². The van der Waals surface area contributed by atoms with Crippen LogP contribution in [0.4, 0.5) is 20.3 Å². The van der Waals surface area contributed by atoms with Crippen molar-refractivity contribution in [1.29, 1.82) is 0 Å². The Morgan fingerprint density at radius 1 is 1.15 bits per heavy atom. The van der Waals surface area contributed by atoms with E-state index in [1.807, 2.05) is 12.1 Å². The molecule has 1 amide bonds. The van der Waals surface area contributed by atoms with Crippen molar-refractivity contribution in [3.05, 3.63) is 82.8 Å². The number of carbonyl (C=O) groups excluding carboxylic acids is 1. The van der Waals surface area contributed by atoms with E-state index in [9.17, 15) is 13.6 Å². The zero-order valence-corrected chi connectivity index (χ0v) is 14.3. The van der Waals surface area contributed by atoms with Gasteiger partial charge in [-0.25, -0.2) is 14.4 Å². The molecular weight excluding hydrogens is 350 g/mol. The van der Waals surface area contributed by atoms with Crippen LogP contribution in [-0.4, -0.2) is 22.4 Å².